The number of pyridine rings is 1. The number of nitriles is 1. The number of nitrogens with one attached hydrogen (secondary N) is 1. The fourth-order valence-corrected chi connectivity index (χ4v) is 1.89. The molecule has 1 aromatic carbocycles. The summed E-state index contributed by atoms with van der Waals surface area (Å²) in [4.78, 5) is 15.6. The molecule has 142 valence electrons. The van der Waals surface area contributed by atoms with Gasteiger partial charge in [0, 0.05) is 12.1 Å². The molecule has 2 rings (SSSR count). The van der Waals surface area contributed by atoms with Crippen molar-refractivity contribution in [3.05, 3.63) is 42.1 Å². The summed E-state index contributed by atoms with van der Waals surface area (Å²) in [6.07, 6.45) is -3.30. The molecule has 0 bridgehead atoms. The maximum absolute atomic E-state index is 12.1. The Morgan fingerprint density at radius 2 is 2.00 bits per heavy atom. The number of hydrogen-bond acceptors (Lipinski definition) is 6. The normalized spacial score (nSPS) is 10.6. The van der Waals surface area contributed by atoms with Crippen LogP contribution < -0.4 is 19.5 Å². The lowest BCUT2D eigenvalue weighted by Gasteiger charge is -2.11. The van der Waals surface area contributed by atoms with E-state index >= 15 is 0 Å². The van der Waals surface area contributed by atoms with Gasteiger partial charge in [-0.1, -0.05) is 0 Å². The van der Waals surface area contributed by atoms with Crippen LogP contribution in [0.25, 0.3) is 0 Å². The van der Waals surface area contributed by atoms with Crippen LogP contribution in [0.4, 0.5) is 18.9 Å². The molecule has 0 aliphatic carbocycles. The van der Waals surface area contributed by atoms with Crippen molar-refractivity contribution in [1.82, 2.24) is 4.98 Å². The maximum Gasteiger partial charge on any atom is 0.422 e. The molecule has 0 unspecified atom stereocenters. The van der Waals surface area contributed by atoms with Gasteiger partial charge in [-0.15, -0.1) is 0 Å². The Kier molecular flexibility index (Phi) is 6.43. The Hall–Kier alpha value is -3.48. The molecule has 27 heavy (non-hydrogen) atoms. The Morgan fingerprint density at radius 1 is 1.22 bits per heavy atom. The first-order chi connectivity index (χ1) is 12.8. The first kappa shape index (κ1) is 19.8. The predicted octanol–water partition coefficient (Wildman–Crippen LogP) is 2.92. The minimum Gasteiger partial charge on any atom is -0.493 e. The van der Waals surface area contributed by atoms with Gasteiger partial charge in [0.1, 0.15) is 0 Å². The summed E-state index contributed by atoms with van der Waals surface area (Å²) in [5.41, 5.74) is 0.636. The third-order valence-corrected chi connectivity index (χ3v) is 3.06. The summed E-state index contributed by atoms with van der Waals surface area (Å²) in [6, 6.07) is 8.98. The second-order valence-electron chi connectivity index (χ2n) is 5.10. The molecule has 0 spiro atoms. The predicted molar refractivity (Wildman–Crippen MR) is 87.6 cm³/mol. The standard InChI is InChI=1S/C17H14F3N3O4/c1-25-14-6-11(7-21)2-4-13(14)26-9-15(24)23-12-3-5-16(22-8-12)27-10-17(18,19)20/h2-6,8H,9-10H2,1H3,(H,23,24). The van der Waals surface area contributed by atoms with Crippen molar-refractivity contribution < 1.29 is 32.2 Å². The van der Waals surface area contributed by atoms with Crippen LogP contribution in [0.15, 0.2) is 36.5 Å². The highest BCUT2D eigenvalue weighted by atomic mass is 19.4. The van der Waals surface area contributed by atoms with Crippen molar-refractivity contribution >= 4 is 11.6 Å². The van der Waals surface area contributed by atoms with E-state index in [4.69, 9.17) is 14.7 Å². The van der Waals surface area contributed by atoms with Crippen LogP contribution in [0.5, 0.6) is 17.4 Å². The summed E-state index contributed by atoms with van der Waals surface area (Å²) < 4.78 is 51.1. The fourth-order valence-electron chi connectivity index (χ4n) is 1.89. The first-order valence-corrected chi connectivity index (χ1v) is 7.47. The van der Waals surface area contributed by atoms with Gasteiger partial charge >= 0.3 is 6.18 Å². The third kappa shape index (κ3) is 6.39. The van der Waals surface area contributed by atoms with Crippen LogP contribution in [-0.2, 0) is 4.79 Å². The fraction of sp³-hybridized carbons (Fsp3) is 0.235. The van der Waals surface area contributed by atoms with E-state index < -0.39 is 18.7 Å². The molecule has 1 aromatic heterocycles. The molecule has 0 fully saturated rings. The van der Waals surface area contributed by atoms with E-state index in [-0.39, 0.29) is 23.9 Å². The van der Waals surface area contributed by atoms with Gasteiger partial charge in [-0.25, -0.2) is 4.98 Å². The molecule has 0 aliphatic rings. The number of aromatic nitrogens is 1. The molecule has 10 heteroatoms. The van der Waals surface area contributed by atoms with Crippen LogP contribution in [0.2, 0.25) is 0 Å². The number of ether oxygens (including phenoxy) is 3. The van der Waals surface area contributed by atoms with Crippen molar-refractivity contribution in [3.8, 4) is 23.4 Å². The number of benzene rings is 1. The van der Waals surface area contributed by atoms with E-state index in [1.807, 2.05) is 6.07 Å². The van der Waals surface area contributed by atoms with E-state index in [1.165, 1.54) is 37.4 Å². The number of carbonyl (C=O) groups excluding carboxylic acids is 1. The van der Waals surface area contributed by atoms with E-state index in [9.17, 15) is 18.0 Å². The van der Waals surface area contributed by atoms with E-state index in [1.54, 1.807) is 0 Å². The van der Waals surface area contributed by atoms with Gasteiger partial charge in [0.2, 0.25) is 5.88 Å². The van der Waals surface area contributed by atoms with Crippen molar-refractivity contribution in [2.24, 2.45) is 0 Å². The van der Waals surface area contributed by atoms with Gasteiger partial charge < -0.3 is 19.5 Å². The first-order valence-electron chi connectivity index (χ1n) is 7.47. The second kappa shape index (κ2) is 8.75. The molecule has 0 aliphatic heterocycles. The summed E-state index contributed by atoms with van der Waals surface area (Å²) in [5.74, 6) is -0.161. The Labute approximate surface area is 152 Å². The Balaban J connectivity index is 1.88. The second-order valence-corrected chi connectivity index (χ2v) is 5.10. The topological polar surface area (TPSA) is 93.5 Å². The lowest BCUT2D eigenvalue weighted by atomic mass is 10.2. The summed E-state index contributed by atoms with van der Waals surface area (Å²) >= 11 is 0. The maximum atomic E-state index is 12.1. The lowest BCUT2D eigenvalue weighted by molar-refractivity contribution is -0.154. The average Bonchev–Trinajstić information content (AvgIpc) is 2.65. The number of amides is 1. The Morgan fingerprint density at radius 3 is 2.59 bits per heavy atom. The van der Waals surface area contributed by atoms with Gasteiger partial charge in [-0.3, -0.25) is 4.79 Å². The minimum absolute atomic E-state index is 0.219. The quantitative estimate of drug-likeness (QED) is 0.793. The molecule has 1 amide bonds. The number of anilines is 1. The molecule has 1 N–H and O–H groups in total. The number of hydrogen-bond donors (Lipinski definition) is 1. The number of halogens is 3. The van der Waals surface area contributed by atoms with Crippen LogP contribution in [0.3, 0.4) is 0 Å². The van der Waals surface area contributed by atoms with Gasteiger partial charge in [0.15, 0.2) is 24.7 Å². The highest BCUT2D eigenvalue weighted by molar-refractivity contribution is 5.91. The number of rotatable bonds is 7. The van der Waals surface area contributed by atoms with Gasteiger partial charge in [0.25, 0.3) is 5.91 Å². The molecule has 7 nitrogen and oxygen atoms in total. The molecule has 2 aromatic rings. The summed E-state index contributed by atoms with van der Waals surface area (Å²) in [5, 5.41) is 11.3. The van der Waals surface area contributed by atoms with Crippen LogP contribution in [-0.4, -0.2) is 37.4 Å². The zero-order chi connectivity index (χ0) is 19.9. The molecular weight excluding hydrogens is 367 g/mol. The number of nitrogens with zero attached hydrogens (tertiary/aromatic N) is 2. The molecule has 0 radical (unpaired) electrons. The Bertz CT molecular complexity index is 833. The van der Waals surface area contributed by atoms with Crippen LogP contribution in [0.1, 0.15) is 5.56 Å². The number of methoxy groups -OCH3 is 1. The van der Waals surface area contributed by atoms with Crippen molar-refractivity contribution in [2.45, 2.75) is 6.18 Å². The summed E-state index contributed by atoms with van der Waals surface area (Å²) in [6.45, 7) is -1.81. The molecule has 0 saturated carbocycles. The number of carbonyl (C=O) groups is 1. The van der Waals surface area contributed by atoms with Gasteiger partial charge in [0.05, 0.1) is 30.6 Å². The molecule has 0 atom stereocenters. The van der Waals surface area contributed by atoms with Crippen molar-refractivity contribution in [2.75, 3.05) is 25.6 Å². The van der Waals surface area contributed by atoms with E-state index in [0.717, 1.165) is 6.20 Å². The average molecular weight is 381 g/mol. The molecule has 0 saturated heterocycles. The largest absolute Gasteiger partial charge is 0.493 e. The molecule has 1 heterocycles. The monoisotopic (exact) mass is 381 g/mol. The minimum atomic E-state index is -4.46. The van der Waals surface area contributed by atoms with Crippen molar-refractivity contribution in [3.63, 3.8) is 0 Å². The SMILES string of the molecule is COc1cc(C#N)ccc1OCC(=O)Nc1ccc(OCC(F)(F)F)nc1. The van der Waals surface area contributed by atoms with Gasteiger partial charge in [-0.05, 0) is 18.2 Å². The van der Waals surface area contributed by atoms with E-state index in [0.29, 0.717) is 11.3 Å². The van der Waals surface area contributed by atoms with E-state index in [2.05, 4.69) is 15.0 Å². The zero-order valence-corrected chi connectivity index (χ0v) is 14.0. The third-order valence-electron chi connectivity index (χ3n) is 3.06. The highest BCUT2D eigenvalue weighted by Crippen LogP contribution is 2.27. The smallest absolute Gasteiger partial charge is 0.422 e. The van der Waals surface area contributed by atoms with Crippen LogP contribution in [0, 0.1) is 11.3 Å². The highest BCUT2D eigenvalue weighted by Gasteiger charge is 2.28. The molecular formula is C17H14F3N3O4. The van der Waals surface area contributed by atoms with Crippen LogP contribution >= 0.6 is 0 Å². The van der Waals surface area contributed by atoms with Crippen molar-refractivity contribution in [1.29, 1.82) is 5.26 Å². The zero-order valence-electron chi connectivity index (χ0n) is 14.0. The summed E-state index contributed by atoms with van der Waals surface area (Å²) in [7, 11) is 1.40. The van der Waals surface area contributed by atoms with Gasteiger partial charge in [-0.2, -0.15) is 18.4 Å². The number of alkyl halides is 3. The lowest BCUT2D eigenvalue weighted by Crippen LogP contribution is -2.21.